The van der Waals surface area contributed by atoms with Crippen molar-refractivity contribution in [2.24, 2.45) is 0 Å². The second-order valence-electron chi connectivity index (χ2n) is 5.25. The minimum absolute atomic E-state index is 0.0449. The molecule has 1 rings (SSSR count). The lowest BCUT2D eigenvalue weighted by atomic mass is 9.98. The number of aliphatic hydroxyl groups is 4. The SMILES string of the molecule is CO[C@@H]1O[C@H](COCCO)C(OCCO)[C@H](OCCO)[C@H]1OCCO. The predicted molar refractivity (Wildman–Crippen MR) is 84.1 cm³/mol. The van der Waals surface area contributed by atoms with Gasteiger partial charge in [0.15, 0.2) is 6.29 Å². The van der Waals surface area contributed by atoms with Crippen LogP contribution in [0.1, 0.15) is 0 Å². The van der Waals surface area contributed by atoms with Crippen LogP contribution in [0.3, 0.4) is 0 Å². The lowest BCUT2D eigenvalue weighted by Crippen LogP contribution is -2.62. The molecule has 5 atom stereocenters. The largest absolute Gasteiger partial charge is 0.394 e. The number of methoxy groups -OCH3 is 1. The third-order valence-electron chi connectivity index (χ3n) is 3.55. The fourth-order valence-electron chi connectivity index (χ4n) is 2.60. The van der Waals surface area contributed by atoms with Gasteiger partial charge in [-0.3, -0.25) is 0 Å². The van der Waals surface area contributed by atoms with Gasteiger partial charge < -0.3 is 48.8 Å². The van der Waals surface area contributed by atoms with Gasteiger partial charge in [-0.1, -0.05) is 0 Å². The summed E-state index contributed by atoms with van der Waals surface area (Å²) in [6, 6.07) is 0. The van der Waals surface area contributed by atoms with Crippen LogP contribution in [0.4, 0.5) is 0 Å². The first-order chi connectivity index (χ1) is 12.2. The summed E-state index contributed by atoms with van der Waals surface area (Å²) in [7, 11) is 1.45. The molecule has 0 aromatic rings. The molecule has 1 aliphatic heterocycles. The number of hydrogen-bond donors (Lipinski definition) is 4. The molecule has 10 heteroatoms. The second kappa shape index (κ2) is 13.8. The standard InChI is InChI=1S/C15H30O10/c1-20-15-14(24-9-5-19)13(23-8-4-18)12(22-7-3-17)11(25-15)10-21-6-2-16/h11-19H,2-10H2,1H3/t11-,12?,13+,14-,15-/m1/s1. The van der Waals surface area contributed by atoms with Crippen molar-refractivity contribution in [3.63, 3.8) is 0 Å². The van der Waals surface area contributed by atoms with E-state index in [4.69, 9.17) is 48.8 Å². The van der Waals surface area contributed by atoms with Gasteiger partial charge in [0.05, 0.1) is 59.5 Å². The molecule has 10 nitrogen and oxygen atoms in total. The molecule has 1 aliphatic rings. The fraction of sp³-hybridized carbons (Fsp3) is 1.00. The molecule has 4 N–H and O–H groups in total. The molecule has 150 valence electrons. The molecule has 25 heavy (non-hydrogen) atoms. The van der Waals surface area contributed by atoms with Crippen LogP contribution < -0.4 is 0 Å². The molecule has 0 aromatic carbocycles. The van der Waals surface area contributed by atoms with E-state index in [1.54, 1.807) is 0 Å². The third-order valence-corrected chi connectivity index (χ3v) is 3.55. The lowest BCUT2D eigenvalue weighted by Gasteiger charge is -2.45. The molecule has 0 amide bonds. The van der Waals surface area contributed by atoms with E-state index in [9.17, 15) is 0 Å². The Kier molecular flexibility index (Phi) is 12.5. The van der Waals surface area contributed by atoms with Gasteiger partial charge in [0.25, 0.3) is 0 Å². The average Bonchev–Trinajstić information content (AvgIpc) is 2.63. The van der Waals surface area contributed by atoms with Gasteiger partial charge in [-0.25, -0.2) is 0 Å². The van der Waals surface area contributed by atoms with Gasteiger partial charge in [0, 0.05) is 7.11 Å². The first-order valence-corrected chi connectivity index (χ1v) is 8.27. The molecule has 1 unspecified atom stereocenters. The average molecular weight is 370 g/mol. The van der Waals surface area contributed by atoms with Crippen LogP contribution in [-0.4, -0.2) is 118 Å². The van der Waals surface area contributed by atoms with E-state index in [2.05, 4.69) is 0 Å². The molecule has 1 fully saturated rings. The summed E-state index contributed by atoms with van der Waals surface area (Å²) in [6.45, 7) is -0.314. The monoisotopic (exact) mass is 370 g/mol. The van der Waals surface area contributed by atoms with Gasteiger partial charge >= 0.3 is 0 Å². The first-order valence-electron chi connectivity index (χ1n) is 8.27. The summed E-state index contributed by atoms with van der Waals surface area (Å²) in [6.07, 6.45) is -3.44. The van der Waals surface area contributed by atoms with Crippen molar-refractivity contribution in [3.05, 3.63) is 0 Å². The highest BCUT2D eigenvalue weighted by Crippen LogP contribution is 2.29. The van der Waals surface area contributed by atoms with Crippen LogP contribution in [0.25, 0.3) is 0 Å². The maximum absolute atomic E-state index is 9.08. The van der Waals surface area contributed by atoms with E-state index in [1.807, 2.05) is 0 Å². The molecule has 0 bridgehead atoms. The molecule has 0 saturated carbocycles. The topological polar surface area (TPSA) is 136 Å². The smallest absolute Gasteiger partial charge is 0.186 e. The molecule has 0 aliphatic carbocycles. The summed E-state index contributed by atoms with van der Waals surface area (Å²) < 4.78 is 33.4. The van der Waals surface area contributed by atoms with Crippen LogP contribution >= 0.6 is 0 Å². The van der Waals surface area contributed by atoms with Crippen LogP contribution in [0.5, 0.6) is 0 Å². The van der Waals surface area contributed by atoms with Crippen molar-refractivity contribution >= 4 is 0 Å². The Balaban J connectivity index is 2.93. The predicted octanol–water partition coefficient (Wildman–Crippen LogP) is -2.50. The van der Waals surface area contributed by atoms with Gasteiger partial charge in [-0.15, -0.1) is 0 Å². The Morgan fingerprint density at radius 2 is 1.24 bits per heavy atom. The quantitative estimate of drug-likeness (QED) is 0.243. The van der Waals surface area contributed by atoms with Gasteiger partial charge in [-0.2, -0.15) is 0 Å². The summed E-state index contributed by atoms with van der Waals surface area (Å²) in [4.78, 5) is 0. The van der Waals surface area contributed by atoms with E-state index in [0.717, 1.165) is 0 Å². The Labute approximate surface area is 147 Å². The first kappa shape index (κ1) is 22.6. The van der Waals surface area contributed by atoms with E-state index >= 15 is 0 Å². The highest BCUT2D eigenvalue weighted by atomic mass is 16.7. The minimum atomic E-state index is -0.799. The fourth-order valence-corrected chi connectivity index (χ4v) is 2.60. The van der Waals surface area contributed by atoms with Gasteiger partial charge in [-0.05, 0) is 0 Å². The number of rotatable bonds is 14. The van der Waals surface area contributed by atoms with Crippen molar-refractivity contribution in [2.45, 2.75) is 30.7 Å². The Hall–Kier alpha value is -0.400. The summed E-state index contributed by atoms with van der Waals surface area (Å²) in [5.41, 5.74) is 0. The van der Waals surface area contributed by atoms with E-state index in [-0.39, 0.29) is 59.5 Å². The summed E-state index contributed by atoms with van der Waals surface area (Å²) in [5, 5.41) is 36.0. The number of hydrogen-bond acceptors (Lipinski definition) is 10. The second-order valence-corrected chi connectivity index (χ2v) is 5.25. The highest BCUT2D eigenvalue weighted by molar-refractivity contribution is 4.93. The van der Waals surface area contributed by atoms with Gasteiger partial charge in [0.2, 0.25) is 0 Å². The van der Waals surface area contributed by atoms with Crippen LogP contribution in [0, 0.1) is 0 Å². The zero-order valence-electron chi connectivity index (χ0n) is 14.5. The Morgan fingerprint density at radius 1 is 0.720 bits per heavy atom. The van der Waals surface area contributed by atoms with Crippen LogP contribution in [-0.2, 0) is 28.4 Å². The zero-order chi connectivity index (χ0) is 18.5. The van der Waals surface area contributed by atoms with E-state index in [1.165, 1.54) is 7.11 Å². The maximum Gasteiger partial charge on any atom is 0.186 e. The minimum Gasteiger partial charge on any atom is -0.394 e. The number of ether oxygens (including phenoxy) is 6. The van der Waals surface area contributed by atoms with Gasteiger partial charge in [0.1, 0.15) is 24.4 Å². The van der Waals surface area contributed by atoms with Crippen molar-refractivity contribution in [3.8, 4) is 0 Å². The normalized spacial score (nSPS) is 29.9. The number of aliphatic hydroxyl groups excluding tert-OH is 4. The Morgan fingerprint density at radius 3 is 1.76 bits per heavy atom. The van der Waals surface area contributed by atoms with E-state index < -0.39 is 30.7 Å². The third kappa shape index (κ3) is 7.39. The molecule has 0 aromatic heterocycles. The molecule has 1 saturated heterocycles. The lowest BCUT2D eigenvalue weighted by molar-refractivity contribution is -0.319. The molecule has 0 spiro atoms. The molecule has 1 heterocycles. The van der Waals surface area contributed by atoms with Crippen molar-refractivity contribution in [1.29, 1.82) is 0 Å². The molecule has 0 radical (unpaired) electrons. The molecular formula is C15H30O10. The zero-order valence-corrected chi connectivity index (χ0v) is 14.5. The van der Waals surface area contributed by atoms with Crippen molar-refractivity contribution in [1.82, 2.24) is 0 Å². The summed E-state index contributed by atoms with van der Waals surface area (Å²) in [5.74, 6) is 0. The van der Waals surface area contributed by atoms with Crippen LogP contribution in [0.2, 0.25) is 0 Å². The summed E-state index contributed by atoms with van der Waals surface area (Å²) >= 11 is 0. The van der Waals surface area contributed by atoms with Crippen molar-refractivity contribution < 1.29 is 48.8 Å². The van der Waals surface area contributed by atoms with Crippen LogP contribution in [0.15, 0.2) is 0 Å². The van der Waals surface area contributed by atoms with E-state index in [0.29, 0.717) is 0 Å². The molecular weight excluding hydrogens is 340 g/mol. The van der Waals surface area contributed by atoms with Crippen molar-refractivity contribution in [2.75, 3.05) is 66.6 Å². The highest BCUT2D eigenvalue weighted by Gasteiger charge is 2.48. The maximum atomic E-state index is 9.08. The Bertz CT molecular complexity index is 319.